The molecule has 7 nitrogen and oxygen atoms in total. The zero-order valence-corrected chi connectivity index (χ0v) is 12.1. The SMILES string of the molecule is CCOC(=O)CC1CCN(c2ncc(N)cc2N=O)CC1. The van der Waals surface area contributed by atoms with E-state index >= 15 is 0 Å². The van der Waals surface area contributed by atoms with Gasteiger partial charge in [0, 0.05) is 19.5 Å². The van der Waals surface area contributed by atoms with E-state index in [-0.39, 0.29) is 11.7 Å². The van der Waals surface area contributed by atoms with E-state index in [4.69, 9.17) is 10.5 Å². The van der Waals surface area contributed by atoms with Gasteiger partial charge in [-0.3, -0.25) is 4.79 Å². The van der Waals surface area contributed by atoms with Crippen molar-refractivity contribution in [1.29, 1.82) is 0 Å². The zero-order valence-electron chi connectivity index (χ0n) is 12.1. The molecule has 0 aromatic carbocycles. The Bertz CT molecular complexity index is 513. The van der Waals surface area contributed by atoms with Crippen molar-refractivity contribution < 1.29 is 9.53 Å². The predicted octanol–water partition coefficient (Wildman–Crippen LogP) is 2.23. The summed E-state index contributed by atoms with van der Waals surface area (Å²) in [6, 6.07) is 1.53. The lowest BCUT2D eigenvalue weighted by Crippen LogP contribution is -2.35. The molecular weight excluding hydrogens is 272 g/mol. The first-order valence-electron chi connectivity index (χ1n) is 7.13. The van der Waals surface area contributed by atoms with E-state index in [0.29, 0.717) is 30.5 Å². The van der Waals surface area contributed by atoms with E-state index < -0.39 is 0 Å². The molecule has 1 aliphatic rings. The van der Waals surface area contributed by atoms with Gasteiger partial charge in [0.1, 0.15) is 0 Å². The number of aromatic nitrogens is 1. The summed E-state index contributed by atoms with van der Waals surface area (Å²) in [4.78, 5) is 28.6. The van der Waals surface area contributed by atoms with Crippen LogP contribution in [0, 0.1) is 10.8 Å². The summed E-state index contributed by atoms with van der Waals surface area (Å²) in [5.41, 5.74) is 6.29. The highest BCUT2D eigenvalue weighted by molar-refractivity contribution is 5.70. The third-order valence-corrected chi connectivity index (χ3v) is 3.64. The van der Waals surface area contributed by atoms with E-state index in [1.54, 1.807) is 6.92 Å². The third-order valence-electron chi connectivity index (χ3n) is 3.64. The fraction of sp³-hybridized carbons (Fsp3) is 0.571. The summed E-state index contributed by atoms with van der Waals surface area (Å²) in [7, 11) is 0. The number of rotatable bonds is 5. The van der Waals surface area contributed by atoms with E-state index in [1.165, 1.54) is 12.3 Å². The van der Waals surface area contributed by atoms with E-state index in [0.717, 1.165) is 25.9 Å². The molecule has 0 bridgehead atoms. The van der Waals surface area contributed by atoms with Crippen molar-refractivity contribution in [2.24, 2.45) is 11.1 Å². The standard InChI is InChI=1S/C14H20N4O3/c1-2-21-13(19)7-10-3-5-18(6-4-10)14-12(17-20)8-11(15)9-16-14/h8-10H,2-7,15H2,1H3. The van der Waals surface area contributed by atoms with E-state index in [2.05, 4.69) is 10.2 Å². The van der Waals surface area contributed by atoms with Crippen LogP contribution in [-0.4, -0.2) is 30.6 Å². The maximum absolute atomic E-state index is 11.5. The highest BCUT2D eigenvalue weighted by Crippen LogP contribution is 2.31. The van der Waals surface area contributed by atoms with Crippen molar-refractivity contribution in [3.8, 4) is 0 Å². The number of nitrogens with zero attached hydrogens (tertiary/aromatic N) is 3. The molecule has 7 heteroatoms. The maximum atomic E-state index is 11.5. The fourth-order valence-electron chi connectivity index (χ4n) is 2.58. The predicted molar refractivity (Wildman–Crippen MR) is 80.3 cm³/mol. The van der Waals surface area contributed by atoms with Crippen LogP contribution in [0.4, 0.5) is 17.2 Å². The smallest absolute Gasteiger partial charge is 0.306 e. The molecule has 0 atom stereocenters. The van der Waals surface area contributed by atoms with Gasteiger partial charge in [0.25, 0.3) is 0 Å². The van der Waals surface area contributed by atoms with Gasteiger partial charge in [0.05, 0.1) is 18.5 Å². The second-order valence-corrected chi connectivity index (χ2v) is 5.14. The molecule has 2 heterocycles. The summed E-state index contributed by atoms with van der Waals surface area (Å²) in [5.74, 6) is 0.743. The van der Waals surface area contributed by atoms with Crippen molar-refractivity contribution in [1.82, 2.24) is 4.98 Å². The Balaban J connectivity index is 1.95. The number of nitrogens with two attached hydrogens (primary N) is 1. The molecular formula is C14H20N4O3. The number of carbonyl (C=O) groups excluding carboxylic acids is 1. The molecule has 0 unspecified atom stereocenters. The highest BCUT2D eigenvalue weighted by atomic mass is 16.5. The third kappa shape index (κ3) is 3.90. The Hall–Kier alpha value is -2.18. The van der Waals surface area contributed by atoms with Gasteiger partial charge in [-0.25, -0.2) is 4.98 Å². The number of esters is 1. The average molecular weight is 292 g/mol. The minimum Gasteiger partial charge on any atom is -0.466 e. The van der Waals surface area contributed by atoms with Gasteiger partial charge in [-0.1, -0.05) is 0 Å². The number of pyridine rings is 1. The van der Waals surface area contributed by atoms with Gasteiger partial charge >= 0.3 is 5.97 Å². The Morgan fingerprint density at radius 1 is 1.52 bits per heavy atom. The molecule has 1 aliphatic heterocycles. The normalized spacial score (nSPS) is 15.8. The van der Waals surface area contributed by atoms with Gasteiger partial charge in [0.2, 0.25) is 0 Å². The molecule has 0 spiro atoms. The summed E-state index contributed by atoms with van der Waals surface area (Å²) >= 11 is 0. The topological polar surface area (TPSA) is 97.9 Å². The minimum absolute atomic E-state index is 0.142. The van der Waals surface area contributed by atoms with Crippen LogP contribution in [0.2, 0.25) is 0 Å². The van der Waals surface area contributed by atoms with Crippen molar-refractivity contribution in [2.75, 3.05) is 30.3 Å². The molecule has 1 saturated heterocycles. The summed E-state index contributed by atoms with van der Waals surface area (Å²) in [6.07, 6.45) is 3.71. The van der Waals surface area contributed by atoms with Crippen LogP contribution in [0.3, 0.4) is 0 Å². The number of nitrogen functional groups attached to an aromatic ring is 1. The molecule has 2 N–H and O–H groups in total. The lowest BCUT2D eigenvalue weighted by Gasteiger charge is -2.32. The maximum Gasteiger partial charge on any atom is 0.306 e. The molecule has 0 amide bonds. The largest absolute Gasteiger partial charge is 0.466 e. The Labute approximate surface area is 123 Å². The van der Waals surface area contributed by atoms with Crippen LogP contribution < -0.4 is 10.6 Å². The minimum atomic E-state index is -0.142. The van der Waals surface area contributed by atoms with Crippen LogP contribution in [0.5, 0.6) is 0 Å². The summed E-state index contributed by atoms with van der Waals surface area (Å²) in [6.45, 7) is 3.70. The van der Waals surface area contributed by atoms with Crippen LogP contribution in [0.1, 0.15) is 26.2 Å². The van der Waals surface area contributed by atoms with Gasteiger partial charge in [0.15, 0.2) is 11.5 Å². The number of anilines is 2. The van der Waals surface area contributed by atoms with E-state index in [1.807, 2.05) is 4.90 Å². The first-order valence-corrected chi connectivity index (χ1v) is 7.13. The summed E-state index contributed by atoms with van der Waals surface area (Å²) < 4.78 is 4.97. The number of carbonyl (C=O) groups is 1. The quantitative estimate of drug-likeness (QED) is 0.660. The van der Waals surface area contributed by atoms with Crippen LogP contribution in [-0.2, 0) is 9.53 Å². The van der Waals surface area contributed by atoms with Gasteiger partial charge in [-0.2, -0.15) is 0 Å². The molecule has 0 aliphatic carbocycles. The molecule has 21 heavy (non-hydrogen) atoms. The van der Waals surface area contributed by atoms with Crippen LogP contribution in [0.15, 0.2) is 17.4 Å². The Morgan fingerprint density at radius 3 is 2.86 bits per heavy atom. The lowest BCUT2D eigenvalue weighted by molar-refractivity contribution is -0.144. The number of ether oxygens (including phenoxy) is 1. The second-order valence-electron chi connectivity index (χ2n) is 5.14. The van der Waals surface area contributed by atoms with Gasteiger partial charge in [-0.05, 0) is 36.9 Å². The number of hydrogen-bond donors (Lipinski definition) is 1. The Morgan fingerprint density at radius 2 is 2.24 bits per heavy atom. The first kappa shape index (κ1) is 15.2. The monoisotopic (exact) mass is 292 g/mol. The number of piperidine rings is 1. The zero-order chi connectivity index (χ0) is 15.2. The van der Waals surface area contributed by atoms with Gasteiger partial charge < -0.3 is 15.4 Å². The lowest BCUT2D eigenvalue weighted by atomic mass is 9.93. The molecule has 1 aromatic heterocycles. The highest BCUT2D eigenvalue weighted by Gasteiger charge is 2.24. The molecule has 1 fully saturated rings. The fourth-order valence-corrected chi connectivity index (χ4v) is 2.58. The second kappa shape index (κ2) is 7.01. The van der Waals surface area contributed by atoms with Crippen molar-refractivity contribution in [2.45, 2.75) is 26.2 Å². The number of nitroso groups, excluding NO2 is 1. The van der Waals surface area contributed by atoms with Crippen LogP contribution >= 0.6 is 0 Å². The van der Waals surface area contributed by atoms with Crippen molar-refractivity contribution in [3.63, 3.8) is 0 Å². The average Bonchev–Trinajstić information content (AvgIpc) is 2.48. The first-order chi connectivity index (χ1) is 10.1. The molecule has 0 saturated carbocycles. The Kier molecular flexibility index (Phi) is 5.08. The molecule has 1 aromatic rings. The van der Waals surface area contributed by atoms with Gasteiger partial charge in [-0.15, -0.1) is 4.91 Å². The van der Waals surface area contributed by atoms with Crippen LogP contribution in [0.25, 0.3) is 0 Å². The van der Waals surface area contributed by atoms with Crippen molar-refractivity contribution >= 4 is 23.2 Å². The summed E-state index contributed by atoms with van der Waals surface area (Å²) in [5, 5.41) is 2.99. The van der Waals surface area contributed by atoms with Crippen molar-refractivity contribution in [3.05, 3.63) is 17.2 Å². The van der Waals surface area contributed by atoms with E-state index in [9.17, 15) is 9.70 Å². The molecule has 0 radical (unpaired) electrons. The molecule has 2 rings (SSSR count). The molecule has 114 valence electrons. The number of hydrogen-bond acceptors (Lipinski definition) is 7.